The first-order valence-electron chi connectivity index (χ1n) is 10.2. The van der Waals surface area contributed by atoms with E-state index in [1.54, 1.807) is 22.5 Å². The van der Waals surface area contributed by atoms with Crippen molar-refractivity contribution in [2.24, 2.45) is 5.92 Å². The molecule has 1 aromatic rings. The van der Waals surface area contributed by atoms with E-state index >= 15 is 0 Å². The van der Waals surface area contributed by atoms with Gasteiger partial charge in [0.25, 0.3) is 0 Å². The van der Waals surface area contributed by atoms with Gasteiger partial charge >= 0.3 is 0 Å². The first-order chi connectivity index (χ1) is 13.5. The van der Waals surface area contributed by atoms with Gasteiger partial charge in [0.15, 0.2) is 6.29 Å². The summed E-state index contributed by atoms with van der Waals surface area (Å²) in [6.07, 6.45) is 6.94. The van der Waals surface area contributed by atoms with Gasteiger partial charge < -0.3 is 14.2 Å². The summed E-state index contributed by atoms with van der Waals surface area (Å²) in [5.41, 5.74) is 0. The molecule has 1 saturated carbocycles. The molecule has 2 saturated heterocycles. The van der Waals surface area contributed by atoms with Crippen molar-refractivity contribution in [3.63, 3.8) is 0 Å². The zero-order valence-electron chi connectivity index (χ0n) is 16.0. The Morgan fingerprint density at radius 3 is 2.54 bits per heavy atom. The predicted molar refractivity (Wildman–Crippen MR) is 109 cm³/mol. The monoisotopic (exact) mass is 473 g/mol. The SMILES string of the molecule is O=S(=O)(c1ccc(OCC2CC2)c(Br)c1)N1CCC(OC2CCCCO2)CC1. The molecular weight excluding hydrogens is 446 g/mol. The van der Waals surface area contributed by atoms with Crippen molar-refractivity contribution in [3.05, 3.63) is 22.7 Å². The van der Waals surface area contributed by atoms with E-state index in [0.29, 0.717) is 53.6 Å². The van der Waals surface area contributed by atoms with Crippen LogP contribution in [0, 0.1) is 5.92 Å². The summed E-state index contributed by atoms with van der Waals surface area (Å²) in [4.78, 5) is 0.299. The van der Waals surface area contributed by atoms with Crippen molar-refractivity contribution in [1.29, 1.82) is 0 Å². The van der Waals surface area contributed by atoms with Gasteiger partial charge in [0.05, 0.1) is 22.1 Å². The Kier molecular flexibility index (Phi) is 6.62. The van der Waals surface area contributed by atoms with Crippen molar-refractivity contribution < 1.29 is 22.6 Å². The Balaban J connectivity index is 1.33. The van der Waals surface area contributed by atoms with E-state index < -0.39 is 10.0 Å². The summed E-state index contributed by atoms with van der Waals surface area (Å²) in [7, 11) is -3.52. The van der Waals surface area contributed by atoms with Crippen LogP contribution in [0.3, 0.4) is 0 Å². The van der Waals surface area contributed by atoms with Crippen LogP contribution in [-0.2, 0) is 19.5 Å². The van der Waals surface area contributed by atoms with E-state index in [4.69, 9.17) is 14.2 Å². The summed E-state index contributed by atoms with van der Waals surface area (Å²) in [6, 6.07) is 5.03. The second kappa shape index (κ2) is 9.00. The van der Waals surface area contributed by atoms with Gasteiger partial charge in [-0.05, 0) is 85.0 Å². The Hall–Kier alpha value is -0.670. The summed E-state index contributed by atoms with van der Waals surface area (Å²) in [6.45, 7) is 2.39. The Morgan fingerprint density at radius 1 is 1.11 bits per heavy atom. The van der Waals surface area contributed by atoms with Crippen LogP contribution in [0.1, 0.15) is 44.9 Å². The van der Waals surface area contributed by atoms with Gasteiger partial charge in [-0.2, -0.15) is 4.31 Å². The molecule has 3 aliphatic rings. The van der Waals surface area contributed by atoms with Crippen LogP contribution in [0.25, 0.3) is 0 Å². The molecule has 0 amide bonds. The fourth-order valence-electron chi connectivity index (χ4n) is 3.64. The summed E-state index contributed by atoms with van der Waals surface area (Å²) in [5.74, 6) is 1.35. The zero-order valence-corrected chi connectivity index (χ0v) is 18.4. The fraction of sp³-hybridized carbons (Fsp3) is 0.700. The summed E-state index contributed by atoms with van der Waals surface area (Å²) in [5, 5.41) is 0. The number of nitrogens with zero attached hydrogens (tertiary/aromatic N) is 1. The molecule has 3 fully saturated rings. The normalized spacial score (nSPS) is 25.0. The standard InChI is InChI=1S/C20H28BrNO5S/c21-18-13-17(6-7-19(18)26-14-15-4-5-15)28(23,24)22-10-8-16(9-11-22)27-20-3-1-2-12-25-20/h6-7,13,15-16,20H,1-5,8-12,14H2. The molecule has 0 aromatic heterocycles. The molecule has 2 heterocycles. The van der Waals surface area contributed by atoms with Gasteiger partial charge in [-0.1, -0.05) is 0 Å². The zero-order chi connectivity index (χ0) is 19.6. The first kappa shape index (κ1) is 20.6. The number of sulfonamides is 1. The van der Waals surface area contributed by atoms with E-state index in [9.17, 15) is 8.42 Å². The highest BCUT2D eigenvalue weighted by Crippen LogP contribution is 2.34. The topological polar surface area (TPSA) is 65.1 Å². The van der Waals surface area contributed by atoms with E-state index in [0.717, 1.165) is 25.9 Å². The average Bonchev–Trinajstić information content (AvgIpc) is 3.53. The fourth-order valence-corrected chi connectivity index (χ4v) is 5.78. The third-order valence-electron chi connectivity index (χ3n) is 5.60. The molecule has 0 bridgehead atoms. The van der Waals surface area contributed by atoms with E-state index in [-0.39, 0.29) is 12.4 Å². The van der Waals surface area contributed by atoms with Gasteiger partial charge in [0.1, 0.15) is 5.75 Å². The summed E-state index contributed by atoms with van der Waals surface area (Å²) >= 11 is 3.46. The van der Waals surface area contributed by atoms with Crippen molar-refractivity contribution in [2.45, 2.75) is 62.2 Å². The smallest absolute Gasteiger partial charge is 0.243 e. The molecular formula is C20H28BrNO5S. The molecule has 0 N–H and O–H groups in total. The molecule has 2 aliphatic heterocycles. The van der Waals surface area contributed by atoms with Gasteiger partial charge in [0.2, 0.25) is 10.0 Å². The quantitative estimate of drug-likeness (QED) is 0.599. The summed E-state index contributed by atoms with van der Waals surface area (Å²) < 4.78 is 45.7. The molecule has 156 valence electrons. The molecule has 1 atom stereocenters. The lowest BCUT2D eigenvalue weighted by atomic mass is 10.1. The van der Waals surface area contributed by atoms with Crippen LogP contribution in [0.2, 0.25) is 0 Å². The van der Waals surface area contributed by atoms with Gasteiger partial charge in [0, 0.05) is 19.7 Å². The first-order valence-corrected chi connectivity index (χ1v) is 12.5. The minimum atomic E-state index is -3.52. The highest BCUT2D eigenvalue weighted by Gasteiger charge is 2.31. The van der Waals surface area contributed by atoms with Gasteiger partial charge in [-0.25, -0.2) is 8.42 Å². The third-order valence-corrected chi connectivity index (χ3v) is 8.11. The van der Waals surface area contributed by atoms with Crippen LogP contribution < -0.4 is 4.74 Å². The lowest BCUT2D eigenvalue weighted by Gasteiger charge is -2.34. The second-order valence-electron chi connectivity index (χ2n) is 7.88. The van der Waals surface area contributed by atoms with Crippen LogP contribution in [-0.4, -0.2) is 51.4 Å². The molecule has 28 heavy (non-hydrogen) atoms. The third kappa shape index (κ3) is 5.08. The molecule has 1 aromatic carbocycles. The maximum Gasteiger partial charge on any atom is 0.243 e. The predicted octanol–water partition coefficient (Wildman–Crippen LogP) is 3.93. The van der Waals surface area contributed by atoms with Crippen LogP contribution >= 0.6 is 15.9 Å². The molecule has 4 rings (SSSR count). The average molecular weight is 474 g/mol. The minimum absolute atomic E-state index is 0.0690. The van der Waals surface area contributed by atoms with Crippen LogP contribution in [0.15, 0.2) is 27.6 Å². The number of piperidine rings is 1. The molecule has 0 radical (unpaired) electrons. The van der Waals surface area contributed by atoms with E-state index in [2.05, 4.69) is 15.9 Å². The van der Waals surface area contributed by atoms with Crippen molar-refractivity contribution >= 4 is 26.0 Å². The number of rotatable bonds is 7. The van der Waals surface area contributed by atoms with E-state index in [1.165, 1.54) is 12.8 Å². The van der Waals surface area contributed by atoms with Crippen LogP contribution in [0.5, 0.6) is 5.75 Å². The molecule has 6 nitrogen and oxygen atoms in total. The van der Waals surface area contributed by atoms with E-state index in [1.807, 2.05) is 0 Å². The van der Waals surface area contributed by atoms with Gasteiger partial charge in [-0.3, -0.25) is 0 Å². The lowest BCUT2D eigenvalue weighted by molar-refractivity contribution is -0.193. The number of halogens is 1. The minimum Gasteiger partial charge on any atom is -0.492 e. The van der Waals surface area contributed by atoms with Gasteiger partial charge in [-0.15, -0.1) is 0 Å². The molecule has 1 unspecified atom stereocenters. The van der Waals surface area contributed by atoms with Crippen LogP contribution in [0.4, 0.5) is 0 Å². The maximum atomic E-state index is 13.0. The number of ether oxygens (including phenoxy) is 3. The Bertz CT molecular complexity index is 769. The maximum absolute atomic E-state index is 13.0. The molecule has 0 spiro atoms. The Morgan fingerprint density at radius 2 is 1.89 bits per heavy atom. The second-order valence-corrected chi connectivity index (χ2v) is 10.7. The number of hydrogen-bond donors (Lipinski definition) is 0. The highest BCUT2D eigenvalue weighted by atomic mass is 79.9. The molecule has 8 heteroatoms. The number of benzene rings is 1. The van der Waals surface area contributed by atoms with Crippen molar-refractivity contribution in [3.8, 4) is 5.75 Å². The lowest BCUT2D eigenvalue weighted by Crippen LogP contribution is -2.42. The highest BCUT2D eigenvalue weighted by molar-refractivity contribution is 9.10. The van der Waals surface area contributed by atoms with Crippen molar-refractivity contribution in [2.75, 3.05) is 26.3 Å². The van der Waals surface area contributed by atoms with Crippen molar-refractivity contribution in [1.82, 2.24) is 4.31 Å². The molecule has 1 aliphatic carbocycles. The Labute approximate surface area is 175 Å². The largest absolute Gasteiger partial charge is 0.492 e. The number of hydrogen-bond acceptors (Lipinski definition) is 5.